The van der Waals surface area contributed by atoms with Crippen molar-refractivity contribution in [3.63, 3.8) is 0 Å². The minimum absolute atomic E-state index is 0.298. The number of rotatable bonds is 13. The zero-order chi connectivity index (χ0) is 12.8. The van der Waals surface area contributed by atoms with Crippen molar-refractivity contribution in [2.24, 2.45) is 0 Å². The van der Waals surface area contributed by atoms with E-state index in [4.69, 9.17) is 0 Å². The molecule has 0 amide bonds. The smallest absolute Gasteiger partial charge is 0.0927 e. The first-order valence-corrected chi connectivity index (χ1v) is 7.97. The van der Waals surface area contributed by atoms with Crippen LogP contribution in [0.5, 0.6) is 0 Å². The number of hydrogen-bond acceptors (Lipinski definition) is 0. The Bertz CT molecular complexity index is 133. The summed E-state index contributed by atoms with van der Waals surface area (Å²) in [5.74, 6) is 0. The third-order valence-electron chi connectivity index (χ3n) is 3.58. The van der Waals surface area contributed by atoms with Gasteiger partial charge in [-0.3, -0.25) is 0 Å². The van der Waals surface area contributed by atoms with Crippen LogP contribution >= 0.6 is 0 Å². The highest BCUT2D eigenvalue weighted by Gasteiger charge is 2.01. The quantitative estimate of drug-likeness (QED) is 0.358. The molecular formula is C16H33O. The van der Waals surface area contributed by atoms with Crippen LogP contribution in [-0.2, 0) is 5.11 Å². The van der Waals surface area contributed by atoms with E-state index in [1.807, 2.05) is 6.92 Å². The summed E-state index contributed by atoms with van der Waals surface area (Å²) in [6.07, 6.45) is 16.4. The lowest BCUT2D eigenvalue weighted by molar-refractivity contribution is 0.0755. The summed E-state index contributed by atoms with van der Waals surface area (Å²) >= 11 is 0. The van der Waals surface area contributed by atoms with E-state index in [0.717, 1.165) is 19.3 Å². The fourth-order valence-electron chi connectivity index (χ4n) is 2.24. The van der Waals surface area contributed by atoms with Gasteiger partial charge in [0.25, 0.3) is 0 Å². The molecule has 17 heavy (non-hydrogen) atoms. The van der Waals surface area contributed by atoms with Crippen LogP contribution in [0.4, 0.5) is 0 Å². The highest BCUT2D eigenvalue weighted by atomic mass is 16.3. The van der Waals surface area contributed by atoms with Gasteiger partial charge in [0.05, 0.1) is 6.10 Å². The van der Waals surface area contributed by atoms with E-state index in [1.165, 1.54) is 64.2 Å². The Morgan fingerprint density at radius 2 is 1.06 bits per heavy atom. The van der Waals surface area contributed by atoms with Gasteiger partial charge in [-0.05, 0) is 12.8 Å². The molecule has 0 spiro atoms. The predicted octanol–water partition coefficient (Wildman–Crippen LogP) is 5.90. The molecule has 0 rings (SSSR count). The third-order valence-corrected chi connectivity index (χ3v) is 3.58. The van der Waals surface area contributed by atoms with Gasteiger partial charge in [-0.1, -0.05) is 84.5 Å². The topological polar surface area (TPSA) is 19.9 Å². The van der Waals surface area contributed by atoms with Crippen LogP contribution in [0.25, 0.3) is 0 Å². The first kappa shape index (κ1) is 17.0. The SMILES string of the molecule is CCCCCCCCCCCCCC([O])CC. The predicted molar refractivity (Wildman–Crippen MR) is 75.8 cm³/mol. The molecule has 0 fully saturated rings. The van der Waals surface area contributed by atoms with Crippen molar-refractivity contribution in [3.05, 3.63) is 0 Å². The van der Waals surface area contributed by atoms with Crippen LogP contribution in [0, 0.1) is 0 Å². The first-order valence-electron chi connectivity index (χ1n) is 7.97. The molecule has 0 N–H and O–H groups in total. The molecule has 103 valence electrons. The van der Waals surface area contributed by atoms with Gasteiger partial charge in [0.1, 0.15) is 0 Å². The van der Waals surface area contributed by atoms with Gasteiger partial charge >= 0.3 is 0 Å². The molecule has 0 heterocycles. The standard InChI is InChI=1S/C16H33O/c1-3-5-6-7-8-9-10-11-12-13-14-15-16(17)4-2/h16H,3-15H2,1-2H3. The van der Waals surface area contributed by atoms with Crippen molar-refractivity contribution in [1.29, 1.82) is 0 Å². The van der Waals surface area contributed by atoms with E-state index in [-0.39, 0.29) is 6.10 Å². The van der Waals surface area contributed by atoms with Gasteiger partial charge < -0.3 is 0 Å². The van der Waals surface area contributed by atoms with Gasteiger partial charge in [-0.25, -0.2) is 5.11 Å². The lowest BCUT2D eigenvalue weighted by Crippen LogP contribution is -2.01. The maximum atomic E-state index is 11.2. The van der Waals surface area contributed by atoms with Crippen LogP contribution in [0.3, 0.4) is 0 Å². The second-order valence-corrected chi connectivity index (χ2v) is 5.35. The summed E-state index contributed by atoms with van der Waals surface area (Å²) in [4.78, 5) is 0. The molecule has 0 aromatic rings. The Morgan fingerprint density at radius 3 is 1.47 bits per heavy atom. The summed E-state index contributed by atoms with van der Waals surface area (Å²) in [6, 6.07) is 0. The van der Waals surface area contributed by atoms with Gasteiger partial charge in [-0.15, -0.1) is 0 Å². The van der Waals surface area contributed by atoms with Crippen molar-refractivity contribution in [2.75, 3.05) is 0 Å². The molecule has 1 unspecified atom stereocenters. The van der Waals surface area contributed by atoms with E-state index in [1.54, 1.807) is 0 Å². The molecule has 0 aromatic heterocycles. The lowest BCUT2D eigenvalue weighted by atomic mass is 10.0. The molecule has 0 aliphatic carbocycles. The second-order valence-electron chi connectivity index (χ2n) is 5.35. The average Bonchev–Trinajstić information content (AvgIpc) is 2.35. The molecule has 1 heteroatoms. The highest BCUT2D eigenvalue weighted by Crippen LogP contribution is 2.13. The largest absolute Gasteiger partial charge is 0.233 e. The van der Waals surface area contributed by atoms with Crippen LogP contribution in [0.1, 0.15) is 97.3 Å². The molecule has 0 aliphatic rings. The fraction of sp³-hybridized carbons (Fsp3) is 1.00. The van der Waals surface area contributed by atoms with Crippen LogP contribution in [0.15, 0.2) is 0 Å². The zero-order valence-electron chi connectivity index (χ0n) is 12.2. The Labute approximate surface area is 109 Å². The van der Waals surface area contributed by atoms with E-state index in [2.05, 4.69) is 6.92 Å². The Morgan fingerprint density at radius 1 is 0.647 bits per heavy atom. The summed E-state index contributed by atoms with van der Waals surface area (Å²) in [6.45, 7) is 4.27. The van der Waals surface area contributed by atoms with Crippen LogP contribution in [-0.4, -0.2) is 6.10 Å². The molecule has 0 saturated carbocycles. The van der Waals surface area contributed by atoms with Gasteiger partial charge in [0.15, 0.2) is 0 Å². The van der Waals surface area contributed by atoms with E-state index in [0.29, 0.717) is 0 Å². The van der Waals surface area contributed by atoms with Crippen molar-refractivity contribution < 1.29 is 5.11 Å². The van der Waals surface area contributed by atoms with Crippen molar-refractivity contribution >= 4 is 0 Å². The molecule has 0 saturated heterocycles. The molecule has 1 radical (unpaired) electrons. The molecular weight excluding hydrogens is 208 g/mol. The molecule has 0 aliphatic heterocycles. The van der Waals surface area contributed by atoms with Gasteiger partial charge in [0.2, 0.25) is 0 Å². The van der Waals surface area contributed by atoms with Gasteiger partial charge in [-0.2, -0.15) is 0 Å². The summed E-state index contributed by atoms with van der Waals surface area (Å²) in [5, 5.41) is 11.2. The van der Waals surface area contributed by atoms with Crippen molar-refractivity contribution in [1.82, 2.24) is 0 Å². The van der Waals surface area contributed by atoms with Gasteiger partial charge in [0, 0.05) is 0 Å². The molecule has 1 nitrogen and oxygen atoms in total. The molecule has 0 bridgehead atoms. The summed E-state index contributed by atoms with van der Waals surface area (Å²) in [7, 11) is 0. The molecule has 1 atom stereocenters. The summed E-state index contributed by atoms with van der Waals surface area (Å²) in [5.41, 5.74) is 0. The van der Waals surface area contributed by atoms with Crippen LogP contribution < -0.4 is 0 Å². The minimum Gasteiger partial charge on any atom is -0.233 e. The maximum Gasteiger partial charge on any atom is 0.0927 e. The first-order chi connectivity index (χ1) is 8.31. The lowest BCUT2D eigenvalue weighted by Gasteiger charge is -2.05. The van der Waals surface area contributed by atoms with Crippen LogP contribution in [0.2, 0.25) is 0 Å². The highest BCUT2D eigenvalue weighted by molar-refractivity contribution is 4.53. The van der Waals surface area contributed by atoms with Crippen molar-refractivity contribution in [2.45, 2.75) is 103 Å². The zero-order valence-corrected chi connectivity index (χ0v) is 12.2. The normalized spacial score (nSPS) is 12.9. The fourth-order valence-corrected chi connectivity index (χ4v) is 2.24. The Balaban J connectivity index is 2.94. The Hall–Kier alpha value is -0.0400. The summed E-state index contributed by atoms with van der Waals surface area (Å²) < 4.78 is 0. The average molecular weight is 241 g/mol. The molecule has 0 aromatic carbocycles. The number of unbranched alkanes of at least 4 members (excludes halogenated alkanes) is 10. The van der Waals surface area contributed by atoms with E-state index >= 15 is 0 Å². The van der Waals surface area contributed by atoms with E-state index < -0.39 is 0 Å². The minimum atomic E-state index is -0.298. The second kappa shape index (κ2) is 14.0. The maximum absolute atomic E-state index is 11.2. The third kappa shape index (κ3) is 13.9. The monoisotopic (exact) mass is 241 g/mol. The van der Waals surface area contributed by atoms with E-state index in [9.17, 15) is 5.11 Å². The Kier molecular flexibility index (Phi) is 14.0. The number of hydrogen-bond donors (Lipinski definition) is 0. The van der Waals surface area contributed by atoms with Crippen molar-refractivity contribution in [3.8, 4) is 0 Å².